The van der Waals surface area contributed by atoms with Crippen LogP contribution in [0.2, 0.25) is 0 Å². The number of methoxy groups -OCH3 is 1. The third kappa shape index (κ3) is 3.50. The smallest absolute Gasteiger partial charge is 0.251 e. The van der Waals surface area contributed by atoms with Crippen molar-refractivity contribution in [3.8, 4) is 5.75 Å². The number of para-hydroxylation sites is 1. The van der Waals surface area contributed by atoms with Crippen molar-refractivity contribution in [3.63, 3.8) is 0 Å². The summed E-state index contributed by atoms with van der Waals surface area (Å²) >= 11 is 0. The average molecular weight is 345 g/mol. The molecule has 1 aliphatic rings. The van der Waals surface area contributed by atoms with E-state index in [0.29, 0.717) is 6.54 Å². The van der Waals surface area contributed by atoms with E-state index in [1.807, 2.05) is 24.3 Å². The first-order valence-corrected chi connectivity index (χ1v) is 8.42. The fraction of sp³-hybridized carbons (Fsp3) is 0.350. The molecule has 1 N–H and O–H groups in total. The molecule has 3 rings (SSSR count). The molecule has 0 unspecified atom stereocenters. The lowest BCUT2D eigenvalue weighted by Gasteiger charge is -2.31. The van der Waals surface area contributed by atoms with Gasteiger partial charge in [-0.15, -0.1) is 0 Å². The molecule has 132 valence electrons. The second-order valence-electron chi connectivity index (χ2n) is 6.50. The van der Waals surface area contributed by atoms with Crippen LogP contribution in [0.5, 0.6) is 5.75 Å². The summed E-state index contributed by atoms with van der Waals surface area (Å²) in [5, 5.41) is 2.89. The maximum absolute atomic E-state index is 13.3. The molecule has 3 nitrogen and oxygen atoms in total. The summed E-state index contributed by atoms with van der Waals surface area (Å²) < 4.78 is 31.9. The lowest BCUT2D eigenvalue weighted by molar-refractivity contribution is 0.0942. The minimum atomic E-state index is -1.02. The molecule has 0 heterocycles. The van der Waals surface area contributed by atoms with Crippen LogP contribution in [0.15, 0.2) is 42.5 Å². The maximum Gasteiger partial charge on any atom is 0.251 e. The summed E-state index contributed by atoms with van der Waals surface area (Å²) in [7, 11) is 1.64. The third-order valence-corrected chi connectivity index (χ3v) is 5.01. The number of amides is 1. The van der Waals surface area contributed by atoms with Crippen molar-refractivity contribution in [2.45, 2.75) is 31.1 Å². The molecule has 0 aliphatic heterocycles. The molecule has 1 amide bonds. The minimum absolute atomic E-state index is 0.118. The summed E-state index contributed by atoms with van der Waals surface area (Å²) in [6.45, 7) is 0.436. The maximum atomic E-state index is 13.3. The quantitative estimate of drug-likeness (QED) is 0.881. The summed E-state index contributed by atoms with van der Waals surface area (Å²) in [5.41, 5.74) is 1.01. The molecular weight excluding hydrogens is 324 g/mol. The SMILES string of the molecule is COc1ccccc1C1(CNC(=O)c2ccc(F)c(F)c2)CCCC1. The highest BCUT2D eigenvalue weighted by atomic mass is 19.2. The van der Waals surface area contributed by atoms with Crippen molar-refractivity contribution >= 4 is 5.91 Å². The molecule has 5 heteroatoms. The molecule has 1 saturated carbocycles. The Bertz CT molecular complexity index is 770. The molecule has 0 aromatic heterocycles. The van der Waals surface area contributed by atoms with E-state index in [1.54, 1.807) is 7.11 Å². The van der Waals surface area contributed by atoms with E-state index in [-0.39, 0.29) is 11.0 Å². The van der Waals surface area contributed by atoms with Gasteiger partial charge in [0.05, 0.1) is 7.11 Å². The van der Waals surface area contributed by atoms with Gasteiger partial charge in [0.2, 0.25) is 0 Å². The first-order valence-electron chi connectivity index (χ1n) is 8.42. The van der Waals surface area contributed by atoms with E-state index in [1.165, 1.54) is 6.07 Å². The van der Waals surface area contributed by atoms with Crippen molar-refractivity contribution in [1.82, 2.24) is 5.32 Å². The Morgan fingerprint density at radius 1 is 1.12 bits per heavy atom. The van der Waals surface area contributed by atoms with Gasteiger partial charge in [-0.25, -0.2) is 8.78 Å². The van der Waals surface area contributed by atoms with Crippen LogP contribution < -0.4 is 10.1 Å². The topological polar surface area (TPSA) is 38.3 Å². The predicted molar refractivity (Wildman–Crippen MR) is 91.8 cm³/mol. The largest absolute Gasteiger partial charge is 0.496 e. The van der Waals surface area contributed by atoms with Gasteiger partial charge in [-0.05, 0) is 37.1 Å². The second-order valence-corrected chi connectivity index (χ2v) is 6.50. The Morgan fingerprint density at radius 3 is 2.52 bits per heavy atom. The van der Waals surface area contributed by atoms with E-state index in [0.717, 1.165) is 49.1 Å². The lowest BCUT2D eigenvalue weighted by Crippen LogP contribution is -2.39. The van der Waals surface area contributed by atoms with Gasteiger partial charge in [-0.2, -0.15) is 0 Å². The summed E-state index contributed by atoms with van der Waals surface area (Å²) in [5.74, 6) is -1.57. The number of hydrogen-bond donors (Lipinski definition) is 1. The van der Waals surface area contributed by atoms with Crippen LogP contribution in [0.1, 0.15) is 41.6 Å². The van der Waals surface area contributed by atoms with Crippen LogP contribution >= 0.6 is 0 Å². The minimum Gasteiger partial charge on any atom is -0.496 e. The average Bonchev–Trinajstić information content (AvgIpc) is 3.12. The van der Waals surface area contributed by atoms with Crippen LogP contribution in [0.25, 0.3) is 0 Å². The van der Waals surface area contributed by atoms with Gasteiger partial charge < -0.3 is 10.1 Å². The van der Waals surface area contributed by atoms with Gasteiger partial charge >= 0.3 is 0 Å². The van der Waals surface area contributed by atoms with E-state index in [9.17, 15) is 13.6 Å². The molecule has 0 atom stereocenters. The highest BCUT2D eigenvalue weighted by molar-refractivity contribution is 5.94. The molecule has 0 bridgehead atoms. The Morgan fingerprint density at radius 2 is 1.84 bits per heavy atom. The normalized spacial score (nSPS) is 15.8. The molecule has 25 heavy (non-hydrogen) atoms. The number of rotatable bonds is 5. The van der Waals surface area contributed by atoms with Crippen molar-refractivity contribution < 1.29 is 18.3 Å². The van der Waals surface area contributed by atoms with Crippen LogP contribution in [0.3, 0.4) is 0 Å². The number of carbonyl (C=O) groups is 1. The van der Waals surface area contributed by atoms with Crippen LogP contribution in [-0.2, 0) is 5.41 Å². The highest BCUT2D eigenvalue weighted by Gasteiger charge is 2.38. The summed E-state index contributed by atoms with van der Waals surface area (Å²) in [6, 6.07) is 11.0. The zero-order valence-corrected chi connectivity index (χ0v) is 14.1. The van der Waals surface area contributed by atoms with Gasteiger partial charge in [0.15, 0.2) is 11.6 Å². The number of nitrogens with one attached hydrogen (secondary N) is 1. The third-order valence-electron chi connectivity index (χ3n) is 5.01. The van der Waals surface area contributed by atoms with E-state index < -0.39 is 17.5 Å². The predicted octanol–water partition coefficient (Wildman–Crippen LogP) is 4.22. The Hall–Kier alpha value is -2.43. The Labute approximate surface area is 146 Å². The highest BCUT2D eigenvalue weighted by Crippen LogP contribution is 2.44. The fourth-order valence-corrected chi connectivity index (χ4v) is 3.66. The molecule has 0 saturated heterocycles. The zero-order chi connectivity index (χ0) is 17.9. The van der Waals surface area contributed by atoms with Crippen molar-refractivity contribution in [2.75, 3.05) is 13.7 Å². The van der Waals surface area contributed by atoms with Gasteiger partial charge in [0.25, 0.3) is 5.91 Å². The van der Waals surface area contributed by atoms with Crippen LogP contribution in [0, 0.1) is 11.6 Å². The fourth-order valence-electron chi connectivity index (χ4n) is 3.66. The molecule has 2 aromatic carbocycles. The van der Waals surface area contributed by atoms with E-state index >= 15 is 0 Å². The summed E-state index contributed by atoms with van der Waals surface area (Å²) in [4.78, 5) is 12.4. The number of halogens is 2. The van der Waals surface area contributed by atoms with Crippen molar-refractivity contribution in [2.24, 2.45) is 0 Å². The van der Waals surface area contributed by atoms with Gasteiger partial charge in [-0.3, -0.25) is 4.79 Å². The molecule has 0 radical (unpaired) electrons. The Balaban J connectivity index is 1.80. The van der Waals surface area contributed by atoms with Gasteiger partial charge in [0.1, 0.15) is 5.75 Å². The molecule has 1 aliphatic carbocycles. The van der Waals surface area contributed by atoms with Crippen molar-refractivity contribution in [3.05, 3.63) is 65.2 Å². The Kier molecular flexibility index (Phi) is 5.02. The van der Waals surface area contributed by atoms with Crippen molar-refractivity contribution in [1.29, 1.82) is 0 Å². The summed E-state index contributed by atoms with van der Waals surface area (Å²) in [6.07, 6.45) is 4.06. The first kappa shape index (κ1) is 17.4. The number of carbonyl (C=O) groups excluding carboxylic acids is 1. The van der Waals surface area contributed by atoms with Crippen LogP contribution in [-0.4, -0.2) is 19.6 Å². The number of hydrogen-bond acceptors (Lipinski definition) is 2. The lowest BCUT2D eigenvalue weighted by atomic mass is 9.78. The van der Waals surface area contributed by atoms with Crippen LogP contribution in [0.4, 0.5) is 8.78 Å². The van der Waals surface area contributed by atoms with Gasteiger partial charge in [-0.1, -0.05) is 31.0 Å². The monoisotopic (exact) mass is 345 g/mol. The zero-order valence-electron chi connectivity index (χ0n) is 14.1. The van der Waals surface area contributed by atoms with Gasteiger partial charge in [0, 0.05) is 23.1 Å². The van der Waals surface area contributed by atoms with E-state index in [2.05, 4.69) is 5.32 Å². The van der Waals surface area contributed by atoms with E-state index in [4.69, 9.17) is 4.74 Å². The molecule has 0 spiro atoms. The first-order chi connectivity index (χ1) is 12.1. The number of ether oxygens (including phenoxy) is 1. The standard InChI is InChI=1S/C20H21F2NO2/c1-25-18-7-3-2-6-15(18)20(10-4-5-11-20)13-23-19(24)14-8-9-16(21)17(22)12-14/h2-3,6-9,12H,4-5,10-11,13H2,1H3,(H,23,24). The molecule has 2 aromatic rings. The second kappa shape index (κ2) is 7.21. The molecule has 1 fully saturated rings. The number of benzene rings is 2. The molecular formula is C20H21F2NO2.